The van der Waals surface area contributed by atoms with Gasteiger partial charge in [0.25, 0.3) is 5.56 Å². The number of hydrogen-bond donors (Lipinski definition) is 2. The lowest BCUT2D eigenvalue weighted by Crippen LogP contribution is -2.18. The number of ether oxygens (including phenoxy) is 1. The molecule has 2 N–H and O–H groups in total. The molecule has 0 bridgehead atoms. The van der Waals surface area contributed by atoms with Gasteiger partial charge in [-0.2, -0.15) is 4.98 Å². The Balaban J connectivity index is 2.53. The zero-order valence-electron chi connectivity index (χ0n) is 9.23. The van der Waals surface area contributed by atoms with Gasteiger partial charge in [0.2, 0.25) is 5.88 Å². The van der Waals surface area contributed by atoms with Gasteiger partial charge < -0.3 is 14.8 Å². The lowest BCUT2D eigenvalue weighted by atomic mass is 10.2. The molecule has 100 valence electrons. The molecule has 8 heteroatoms. The summed E-state index contributed by atoms with van der Waals surface area (Å²) in [5, 5.41) is 9.18. The normalized spacial score (nSPS) is 11.3. The summed E-state index contributed by atoms with van der Waals surface area (Å²) in [5.41, 5.74) is -0.780. The molecule has 0 unspecified atom stereocenters. The van der Waals surface area contributed by atoms with E-state index in [1.807, 2.05) is 0 Å². The van der Waals surface area contributed by atoms with Gasteiger partial charge in [0.15, 0.2) is 0 Å². The number of nitrogens with zero attached hydrogens (tertiary/aromatic N) is 1. The molecule has 0 saturated carbocycles. The van der Waals surface area contributed by atoms with E-state index in [2.05, 4.69) is 14.7 Å². The third-order valence-electron chi connectivity index (χ3n) is 2.10. The second-order valence-corrected chi connectivity index (χ2v) is 3.50. The molecule has 5 nitrogen and oxygen atoms in total. The number of aromatic amines is 1. The SMILES string of the molecule is O=c1cc(O)nc(-c2ccccc2OC(F)(F)F)[nH]1. The van der Waals surface area contributed by atoms with Crippen molar-refractivity contribution in [3.63, 3.8) is 0 Å². The second-order valence-electron chi connectivity index (χ2n) is 3.50. The maximum atomic E-state index is 12.2. The van der Waals surface area contributed by atoms with Gasteiger partial charge in [-0.3, -0.25) is 4.79 Å². The number of alkyl halides is 3. The average Bonchev–Trinajstić information content (AvgIpc) is 2.26. The van der Waals surface area contributed by atoms with Gasteiger partial charge in [-0.25, -0.2) is 0 Å². The third kappa shape index (κ3) is 3.24. The van der Waals surface area contributed by atoms with Crippen LogP contribution in [-0.4, -0.2) is 21.4 Å². The van der Waals surface area contributed by atoms with Crippen LogP contribution < -0.4 is 10.3 Å². The van der Waals surface area contributed by atoms with E-state index >= 15 is 0 Å². The number of benzene rings is 1. The Bertz CT molecular complexity index is 652. The van der Waals surface area contributed by atoms with Gasteiger partial charge in [-0.05, 0) is 12.1 Å². The fourth-order valence-electron chi connectivity index (χ4n) is 1.45. The first kappa shape index (κ1) is 12.9. The summed E-state index contributed by atoms with van der Waals surface area (Å²) in [6.07, 6.45) is -4.87. The fourth-order valence-corrected chi connectivity index (χ4v) is 1.45. The van der Waals surface area contributed by atoms with Crippen molar-refractivity contribution >= 4 is 0 Å². The van der Waals surface area contributed by atoms with Gasteiger partial charge in [0.1, 0.15) is 11.6 Å². The Morgan fingerprint density at radius 2 is 1.95 bits per heavy atom. The van der Waals surface area contributed by atoms with Gasteiger partial charge in [-0.15, -0.1) is 13.2 Å². The molecule has 2 rings (SSSR count). The van der Waals surface area contributed by atoms with E-state index in [9.17, 15) is 23.1 Å². The van der Waals surface area contributed by atoms with Crippen molar-refractivity contribution in [3.8, 4) is 23.0 Å². The minimum absolute atomic E-state index is 0.0900. The van der Waals surface area contributed by atoms with Crippen LogP contribution in [0.2, 0.25) is 0 Å². The zero-order chi connectivity index (χ0) is 14.0. The van der Waals surface area contributed by atoms with Crippen molar-refractivity contribution in [3.05, 3.63) is 40.7 Å². The van der Waals surface area contributed by atoms with Gasteiger partial charge in [-0.1, -0.05) is 12.1 Å². The first-order valence-electron chi connectivity index (χ1n) is 5.00. The second kappa shape index (κ2) is 4.63. The van der Waals surface area contributed by atoms with E-state index in [4.69, 9.17) is 0 Å². The average molecular weight is 272 g/mol. The van der Waals surface area contributed by atoms with Crippen molar-refractivity contribution in [2.24, 2.45) is 0 Å². The molecule has 0 amide bonds. The number of halogens is 3. The third-order valence-corrected chi connectivity index (χ3v) is 2.10. The van der Waals surface area contributed by atoms with Crippen molar-refractivity contribution < 1.29 is 23.0 Å². The Kier molecular flexibility index (Phi) is 3.16. The molecule has 0 aliphatic rings. The number of aromatic nitrogens is 2. The van der Waals surface area contributed by atoms with Crippen LogP contribution in [0, 0.1) is 0 Å². The molecule has 0 fully saturated rings. The van der Waals surface area contributed by atoms with E-state index in [0.29, 0.717) is 0 Å². The van der Waals surface area contributed by atoms with Crippen LogP contribution in [-0.2, 0) is 0 Å². The Morgan fingerprint density at radius 3 is 2.58 bits per heavy atom. The predicted octanol–water partition coefficient (Wildman–Crippen LogP) is 2.04. The van der Waals surface area contributed by atoms with Gasteiger partial charge in [0.05, 0.1) is 11.6 Å². The highest BCUT2D eigenvalue weighted by Gasteiger charge is 2.32. The molecular formula is C11H7F3N2O3. The molecule has 19 heavy (non-hydrogen) atoms. The minimum atomic E-state index is -4.87. The number of aromatic hydroxyl groups is 1. The summed E-state index contributed by atoms with van der Waals surface area (Å²) < 4.78 is 40.5. The molecule has 1 aromatic heterocycles. The van der Waals surface area contributed by atoms with Crippen molar-refractivity contribution in [1.29, 1.82) is 0 Å². The van der Waals surface area contributed by atoms with Crippen LogP contribution >= 0.6 is 0 Å². The molecule has 0 saturated heterocycles. The van der Waals surface area contributed by atoms with Crippen LogP contribution in [0.1, 0.15) is 0 Å². The maximum Gasteiger partial charge on any atom is 0.573 e. The fraction of sp³-hybridized carbons (Fsp3) is 0.0909. The smallest absolute Gasteiger partial charge is 0.493 e. The number of para-hydroxylation sites is 1. The van der Waals surface area contributed by atoms with E-state index in [0.717, 1.165) is 12.1 Å². The lowest BCUT2D eigenvalue weighted by molar-refractivity contribution is -0.274. The Hall–Kier alpha value is -2.51. The number of H-pyrrole nitrogens is 1. The van der Waals surface area contributed by atoms with E-state index < -0.39 is 23.6 Å². The topological polar surface area (TPSA) is 75.2 Å². The van der Waals surface area contributed by atoms with Gasteiger partial charge in [0, 0.05) is 0 Å². The van der Waals surface area contributed by atoms with Crippen LogP contribution in [0.25, 0.3) is 11.4 Å². The monoisotopic (exact) mass is 272 g/mol. The number of rotatable bonds is 2. The molecular weight excluding hydrogens is 265 g/mol. The first-order valence-corrected chi connectivity index (χ1v) is 5.00. The zero-order valence-corrected chi connectivity index (χ0v) is 9.23. The van der Waals surface area contributed by atoms with E-state index in [-0.39, 0.29) is 11.4 Å². The lowest BCUT2D eigenvalue weighted by Gasteiger charge is -2.12. The van der Waals surface area contributed by atoms with Crippen molar-refractivity contribution in [2.75, 3.05) is 0 Å². The maximum absolute atomic E-state index is 12.2. The molecule has 1 aromatic carbocycles. The Morgan fingerprint density at radius 1 is 1.26 bits per heavy atom. The summed E-state index contributed by atoms with van der Waals surface area (Å²) >= 11 is 0. The van der Waals surface area contributed by atoms with E-state index in [1.54, 1.807) is 0 Å². The minimum Gasteiger partial charge on any atom is -0.493 e. The molecule has 0 aliphatic heterocycles. The summed E-state index contributed by atoms with van der Waals surface area (Å²) in [5.74, 6) is -1.34. The van der Waals surface area contributed by atoms with Gasteiger partial charge >= 0.3 is 6.36 Å². The standard InChI is InChI=1S/C11H7F3N2O3/c12-11(13,14)19-7-4-2-1-3-6(7)10-15-8(17)5-9(18)16-10/h1-5H,(H2,15,16,17,18). The largest absolute Gasteiger partial charge is 0.573 e. The highest BCUT2D eigenvalue weighted by molar-refractivity contribution is 5.64. The number of hydrogen-bond acceptors (Lipinski definition) is 4. The molecule has 1 heterocycles. The quantitative estimate of drug-likeness (QED) is 0.877. The van der Waals surface area contributed by atoms with Crippen LogP contribution in [0.3, 0.4) is 0 Å². The summed E-state index contributed by atoms with van der Waals surface area (Å²) in [6.45, 7) is 0. The number of nitrogens with one attached hydrogen (secondary N) is 1. The van der Waals surface area contributed by atoms with E-state index in [1.165, 1.54) is 18.2 Å². The van der Waals surface area contributed by atoms with Crippen molar-refractivity contribution in [2.45, 2.75) is 6.36 Å². The summed E-state index contributed by atoms with van der Waals surface area (Å²) in [4.78, 5) is 16.9. The van der Waals surface area contributed by atoms with Crippen molar-refractivity contribution in [1.82, 2.24) is 9.97 Å². The predicted molar refractivity (Wildman–Crippen MR) is 58.6 cm³/mol. The molecule has 0 aliphatic carbocycles. The molecule has 2 aromatic rings. The van der Waals surface area contributed by atoms with Crippen LogP contribution in [0.4, 0.5) is 13.2 Å². The highest BCUT2D eigenvalue weighted by atomic mass is 19.4. The Labute approximate surface area is 104 Å². The molecule has 0 atom stereocenters. The van der Waals surface area contributed by atoms with Crippen LogP contribution in [0.15, 0.2) is 35.1 Å². The molecule has 0 radical (unpaired) electrons. The molecule has 0 spiro atoms. The first-order chi connectivity index (χ1) is 8.85. The van der Waals surface area contributed by atoms with Crippen LogP contribution in [0.5, 0.6) is 11.6 Å². The summed E-state index contributed by atoms with van der Waals surface area (Å²) in [7, 11) is 0. The summed E-state index contributed by atoms with van der Waals surface area (Å²) in [6, 6.07) is 5.94. The highest BCUT2D eigenvalue weighted by Crippen LogP contribution is 2.31.